The van der Waals surface area contributed by atoms with E-state index in [0.717, 1.165) is 29.5 Å². The minimum Gasteiger partial charge on any atom is -0.311 e. The lowest BCUT2D eigenvalue weighted by Gasteiger charge is -2.07. The number of rotatable bonds is 6. The summed E-state index contributed by atoms with van der Waals surface area (Å²) >= 11 is 7.84. The third-order valence-electron chi connectivity index (χ3n) is 2.90. The predicted octanol–water partition coefficient (Wildman–Crippen LogP) is 3.22. The number of nitrogens with one attached hydrogen (secondary N) is 1. The van der Waals surface area contributed by atoms with Crippen molar-refractivity contribution in [2.24, 2.45) is 0 Å². The Hall–Kier alpha value is -0.710. The van der Waals surface area contributed by atoms with E-state index in [-0.39, 0.29) is 0 Å². The van der Waals surface area contributed by atoms with E-state index < -0.39 is 0 Å². The van der Waals surface area contributed by atoms with Gasteiger partial charge in [0.1, 0.15) is 5.65 Å². The van der Waals surface area contributed by atoms with E-state index in [9.17, 15) is 0 Å². The SMILES string of the molecule is CSC(C)CCNCc1cn2cc(Cl)ccc2n1. The summed E-state index contributed by atoms with van der Waals surface area (Å²) < 4.78 is 1.96. The van der Waals surface area contributed by atoms with Gasteiger partial charge >= 0.3 is 0 Å². The fourth-order valence-electron chi connectivity index (χ4n) is 1.74. The van der Waals surface area contributed by atoms with Crippen molar-refractivity contribution in [2.75, 3.05) is 12.8 Å². The molecule has 1 atom stereocenters. The molecule has 0 aliphatic rings. The third kappa shape index (κ3) is 3.64. The van der Waals surface area contributed by atoms with Crippen LogP contribution in [0.1, 0.15) is 19.0 Å². The van der Waals surface area contributed by atoms with Gasteiger partial charge in [-0.15, -0.1) is 0 Å². The molecule has 0 aromatic carbocycles. The molecule has 0 spiro atoms. The fourth-order valence-corrected chi connectivity index (χ4v) is 2.26. The van der Waals surface area contributed by atoms with Gasteiger partial charge in [-0.3, -0.25) is 0 Å². The molecule has 0 saturated heterocycles. The number of pyridine rings is 1. The van der Waals surface area contributed by atoms with Crippen molar-refractivity contribution >= 4 is 29.0 Å². The van der Waals surface area contributed by atoms with Crippen LogP contribution in [0.25, 0.3) is 5.65 Å². The molecule has 1 unspecified atom stereocenters. The van der Waals surface area contributed by atoms with Crippen molar-refractivity contribution < 1.29 is 0 Å². The Morgan fingerprint density at radius 1 is 1.44 bits per heavy atom. The smallest absolute Gasteiger partial charge is 0.137 e. The van der Waals surface area contributed by atoms with Crippen LogP contribution >= 0.6 is 23.4 Å². The van der Waals surface area contributed by atoms with Gasteiger partial charge in [0.05, 0.1) is 10.7 Å². The van der Waals surface area contributed by atoms with Gasteiger partial charge in [-0.25, -0.2) is 4.98 Å². The fraction of sp³-hybridized carbons (Fsp3) is 0.462. The minimum atomic E-state index is 0.706. The molecule has 2 heterocycles. The monoisotopic (exact) mass is 283 g/mol. The Bertz CT molecular complexity index is 512. The van der Waals surface area contributed by atoms with Crippen LogP contribution in [-0.2, 0) is 6.54 Å². The maximum atomic E-state index is 5.94. The highest BCUT2D eigenvalue weighted by atomic mass is 35.5. The van der Waals surface area contributed by atoms with Crippen LogP contribution in [0.5, 0.6) is 0 Å². The highest BCUT2D eigenvalue weighted by Crippen LogP contribution is 2.12. The molecule has 0 aliphatic heterocycles. The highest BCUT2D eigenvalue weighted by molar-refractivity contribution is 7.99. The van der Waals surface area contributed by atoms with Crippen LogP contribution in [-0.4, -0.2) is 27.4 Å². The lowest BCUT2D eigenvalue weighted by Crippen LogP contribution is -2.17. The van der Waals surface area contributed by atoms with Gasteiger partial charge in [-0.2, -0.15) is 11.8 Å². The van der Waals surface area contributed by atoms with Crippen LogP contribution in [0.2, 0.25) is 5.02 Å². The van der Waals surface area contributed by atoms with E-state index in [1.807, 2.05) is 40.7 Å². The summed E-state index contributed by atoms with van der Waals surface area (Å²) in [6.07, 6.45) is 7.23. The standard InChI is InChI=1S/C13H18ClN3S/c1-10(18-2)5-6-15-7-12-9-17-8-11(14)3-4-13(17)16-12/h3-4,8-10,15H,5-7H2,1-2H3. The molecule has 98 valence electrons. The van der Waals surface area contributed by atoms with Gasteiger partial charge in [0.2, 0.25) is 0 Å². The van der Waals surface area contributed by atoms with Crippen LogP contribution < -0.4 is 5.32 Å². The first-order chi connectivity index (χ1) is 8.69. The molecule has 0 amide bonds. The second-order valence-electron chi connectivity index (χ2n) is 4.36. The average molecular weight is 284 g/mol. The van der Waals surface area contributed by atoms with Crippen LogP contribution in [0.15, 0.2) is 24.5 Å². The Morgan fingerprint density at radius 3 is 3.06 bits per heavy atom. The second kappa shape index (κ2) is 6.45. The molecule has 0 bridgehead atoms. The largest absolute Gasteiger partial charge is 0.311 e. The van der Waals surface area contributed by atoms with Crippen molar-refractivity contribution in [1.29, 1.82) is 0 Å². The minimum absolute atomic E-state index is 0.706. The van der Waals surface area contributed by atoms with Gasteiger partial charge < -0.3 is 9.72 Å². The number of nitrogens with zero attached hydrogens (tertiary/aromatic N) is 2. The first kappa shape index (κ1) is 13.7. The van der Waals surface area contributed by atoms with E-state index in [1.165, 1.54) is 6.42 Å². The summed E-state index contributed by atoms with van der Waals surface area (Å²) in [4.78, 5) is 4.53. The molecular formula is C13H18ClN3S. The summed E-state index contributed by atoms with van der Waals surface area (Å²) in [7, 11) is 0. The molecule has 0 radical (unpaired) electrons. The normalized spacial score (nSPS) is 13.1. The number of hydrogen-bond donors (Lipinski definition) is 1. The summed E-state index contributed by atoms with van der Waals surface area (Å²) in [5, 5.41) is 4.86. The third-order valence-corrected chi connectivity index (χ3v) is 4.16. The van der Waals surface area contributed by atoms with Crippen molar-refractivity contribution in [1.82, 2.24) is 14.7 Å². The van der Waals surface area contributed by atoms with E-state index >= 15 is 0 Å². The van der Waals surface area contributed by atoms with Crippen molar-refractivity contribution in [2.45, 2.75) is 25.1 Å². The van der Waals surface area contributed by atoms with Gasteiger partial charge in [-0.1, -0.05) is 18.5 Å². The molecule has 0 fully saturated rings. The van der Waals surface area contributed by atoms with Crippen molar-refractivity contribution in [3.05, 3.63) is 35.2 Å². The Balaban J connectivity index is 1.88. The lowest BCUT2D eigenvalue weighted by molar-refractivity contribution is 0.641. The topological polar surface area (TPSA) is 29.3 Å². The summed E-state index contributed by atoms with van der Waals surface area (Å²) in [6, 6.07) is 3.79. The van der Waals surface area contributed by atoms with Gasteiger partial charge in [0.15, 0.2) is 0 Å². The van der Waals surface area contributed by atoms with E-state index in [0.29, 0.717) is 5.25 Å². The molecule has 5 heteroatoms. The number of thioether (sulfide) groups is 1. The first-order valence-corrected chi connectivity index (χ1v) is 7.72. The Labute approximate surface area is 117 Å². The average Bonchev–Trinajstić information content (AvgIpc) is 2.76. The van der Waals surface area contributed by atoms with E-state index in [1.54, 1.807) is 0 Å². The molecule has 0 saturated carbocycles. The molecule has 18 heavy (non-hydrogen) atoms. The molecular weight excluding hydrogens is 266 g/mol. The summed E-state index contributed by atoms with van der Waals surface area (Å²) in [5.41, 5.74) is 1.99. The Kier molecular flexibility index (Phi) is 4.92. The summed E-state index contributed by atoms with van der Waals surface area (Å²) in [5.74, 6) is 0. The zero-order chi connectivity index (χ0) is 13.0. The maximum absolute atomic E-state index is 5.94. The quantitative estimate of drug-likeness (QED) is 0.826. The molecule has 3 nitrogen and oxygen atoms in total. The lowest BCUT2D eigenvalue weighted by atomic mass is 10.3. The number of aromatic nitrogens is 2. The Morgan fingerprint density at radius 2 is 2.28 bits per heavy atom. The van der Waals surface area contributed by atoms with Crippen LogP contribution in [0.3, 0.4) is 0 Å². The molecule has 2 aromatic rings. The molecule has 0 aliphatic carbocycles. The van der Waals surface area contributed by atoms with Crippen molar-refractivity contribution in [3.63, 3.8) is 0 Å². The number of imidazole rings is 1. The zero-order valence-electron chi connectivity index (χ0n) is 10.7. The number of halogens is 1. The van der Waals surface area contributed by atoms with Crippen molar-refractivity contribution in [3.8, 4) is 0 Å². The molecule has 2 rings (SSSR count). The maximum Gasteiger partial charge on any atom is 0.137 e. The predicted molar refractivity (Wildman–Crippen MR) is 79.5 cm³/mol. The summed E-state index contributed by atoms with van der Waals surface area (Å²) in [6.45, 7) is 4.08. The number of fused-ring (bicyclic) bond motifs is 1. The van der Waals surface area contributed by atoms with Gasteiger partial charge in [0, 0.05) is 24.2 Å². The number of hydrogen-bond acceptors (Lipinski definition) is 3. The second-order valence-corrected chi connectivity index (χ2v) is 6.07. The zero-order valence-corrected chi connectivity index (χ0v) is 12.3. The highest BCUT2D eigenvalue weighted by Gasteiger charge is 2.02. The molecule has 1 N–H and O–H groups in total. The van der Waals surface area contributed by atoms with Crippen LogP contribution in [0, 0.1) is 0 Å². The first-order valence-electron chi connectivity index (χ1n) is 6.05. The van der Waals surface area contributed by atoms with Gasteiger partial charge in [-0.05, 0) is 31.4 Å². The van der Waals surface area contributed by atoms with Gasteiger partial charge in [0.25, 0.3) is 0 Å². The van der Waals surface area contributed by atoms with E-state index in [4.69, 9.17) is 11.6 Å². The molecule has 2 aromatic heterocycles. The van der Waals surface area contributed by atoms with Crippen LogP contribution in [0.4, 0.5) is 0 Å². The van der Waals surface area contributed by atoms with E-state index in [2.05, 4.69) is 23.5 Å².